The maximum atomic E-state index is 12.4. The quantitative estimate of drug-likeness (QED) is 0.725. The highest BCUT2D eigenvalue weighted by atomic mass is 16.5. The maximum Gasteiger partial charge on any atom is 0.261 e. The van der Waals surface area contributed by atoms with E-state index in [2.05, 4.69) is 11.9 Å². The van der Waals surface area contributed by atoms with E-state index in [4.69, 9.17) is 4.74 Å². The fraction of sp³-hybridized carbons (Fsp3) is 0.222. The molecule has 0 N–H and O–H groups in total. The predicted molar refractivity (Wildman–Crippen MR) is 87.3 cm³/mol. The van der Waals surface area contributed by atoms with E-state index in [1.54, 1.807) is 10.9 Å². The highest BCUT2D eigenvalue weighted by Crippen LogP contribution is 2.13. The largest absolute Gasteiger partial charge is 0.494 e. The lowest BCUT2D eigenvalue weighted by Gasteiger charge is -2.08. The topological polar surface area (TPSA) is 44.1 Å². The first kappa shape index (κ1) is 14.3. The van der Waals surface area contributed by atoms with Crippen LogP contribution in [0, 0.1) is 0 Å². The summed E-state index contributed by atoms with van der Waals surface area (Å²) in [5, 5.41) is 0.646. The van der Waals surface area contributed by atoms with Crippen molar-refractivity contribution in [1.82, 2.24) is 9.55 Å². The Labute approximate surface area is 129 Å². The van der Waals surface area contributed by atoms with Crippen molar-refractivity contribution in [3.05, 3.63) is 70.8 Å². The lowest BCUT2D eigenvalue weighted by Crippen LogP contribution is -2.21. The molecule has 3 rings (SSSR count). The normalized spacial score (nSPS) is 10.8. The van der Waals surface area contributed by atoms with E-state index in [-0.39, 0.29) is 5.56 Å². The summed E-state index contributed by atoms with van der Waals surface area (Å²) in [5.41, 5.74) is 1.76. The summed E-state index contributed by atoms with van der Waals surface area (Å²) < 4.78 is 7.19. The van der Waals surface area contributed by atoms with Gasteiger partial charge in [-0.25, -0.2) is 4.98 Å². The van der Waals surface area contributed by atoms with Crippen LogP contribution in [0.4, 0.5) is 0 Å². The number of aromatic nitrogens is 2. The first-order chi connectivity index (χ1) is 10.8. The molecule has 4 nitrogen and oxygen atoms in total. The number of rotatable bonds is 5. The number of para-hydroxylation sites is 1. The summed E-state index contributed by atoms with van der Waals surface area (Å²) in [4.78, 5) is 16.8. The Morgan fingerprint density at radius 2 is 1.86 bits per heavy atom. The van der Waals surface area contributed by atoms with Gasteiger partial charge in [-0.3, -0.25) is 9.36 Å². The molecule has 0 spiro atoms. The van der Waals surface area contributed by atoms with E-state index in [0.717, 1.165) is 23.3 Å². The Morgan fingerprint density at radius 1 is 1.09 bits per heavy atom. The molecule has 112 valence electrons. The Kier molecular flexibility index (Phi) is 4.19. The van der Waals surface area contributed by atoms with Crippen molar-refractivity contribution in [3.8, 4) is 5.75 Å². The smallest absolute Gasteiger partial charge is 0.261 e. The zero-order valence-electron chi connectivity index (χ0n) is 12.5. The van der Waals surface area contributed by atoms with E-state index in [0.29, 0.717) is 18.5 Å². The number of nitrogens with zero attached hydrogens (tertiary/aromatic N) is 2. The standard InChI is InChI=1S/C18H18N2O2/c1-2-11-22-15-9-7-14(8-10-15)12-20-13-19-17-6-4-3-5-16(17)18(20)21/h3-10,13H,2,11-12H2,1H3. The highest BCUT2D eigenvalue weighted by Gasteiger charge is 2.04. The molecule has 0 unspecified atom stereocenters. The lowest BCUT2D eigenvalue weighted by atomic mass is 10.2. The monoisotopic (exact) mass is 294 g/mol. The highest BCUT2D eigenvalue weighted by molar-refractivity contribution is 5.76. The third kappa shape index (κ3) is 3.01. The minimum Gasteiger partial charge on any atom is -0.494 e. The van der Waals surface area contributed by atoms with Crippen LogP contribution in [0.3, 0.4) is 0 Å². The van der Waals surface area contributed by atoms with Crippen LogP contribution in [0.15, 0.2) is 59.7 Å². The van der Waals surface area contributed by atoms with Gasteiger partial charge in [0.05, 0.1) is 30.4 Å². The van der Waals surface area contributed by atoms with E-state index >= 15 is 0 Å². The number of benzene rings is 2. The Hall–Kier alpha value is -2.62. The van der Waals surface area contributed by atoms with Gasteiger partial charge in [-0.2, -0.15) is 0 Å². The molecule has 1 aromatic heterocycles. The van der Waals surface area contributed by atoms with Gasteiger partial charge in [0.25, 0.3) is 5.56 Å². The SMILES string of the molecule is CCCOc1ccc(Cn2cnc3ccccc3c2=O)cc1. The van der Waals surface area contributed by atoms with Crippen LogP contribution in [0.25, 0.3) is 10.9 Å². The van der Waals surface area contributed by atoms with Crippen molar-refractivity contribution in [2.75, 3.05) is 6.61 Å². The van der Waals surface area contributed by atoms with Crippen LogP contribution in [0.2, 0.25) is 0 Å². The molecular weight excluding hydrogens is 276 g/mol. The molecule has 0 amide bonds. The molecule has 0 aliphatic heterocycles. The van der Waals surface area contributed by atoms with Crippen molar-refractivity contribution in [1.29, 1.82) is 0 Å². The van der Waals surface area contributed by atoms with E-state index < -0.39 is 0 Å². The van der Waals surface area contributed by atoms with Gasteiger partial charge in [-0.05, 0) is 36.2 Å². The summed E-state index contributed by atoms with van der Waals surface area (Å²) in [6.07, 6.45) is 2.59. The van der Waals surface area contributed by atoms with Crippen molar-refractivity contribution in [3.63, 3.8) is 0 Å². The molecule has 0 saturated heterocycles. The van der Waals surface area contributed by atoms with E-state index in [1.165, 1.54) is 0 Å². The number of ether oxygens (including phenoxy) is 1. The van der Waals surface area contributed by atoms with Gasteiger partial charge >= 0.3 is 0 Å². The molecule has 0 fully saturated rings. The summed E-state index contributed by atoms with van der Waals surface area (Å²) in [6.45, 7) is 3.30. The van der Waals surface area contributed by atoms with Gasteiger partial charge in [-0.15, -0.1) is 0 Å². The molecule has 3 aromatic rings. The first-order valence-electron chi connectivity index (χ1n) is 7.44. The molecule has 0 saturated carbocycles. The second kappa shape index (κ2) is 6.43. The summed E-state index contributed by atoms with van der Waals surface area (Å²) in [5.74, 6) is 0.856. The van der Waals surface area contributed by atoms with Crippen LogP contribution in [-0.4, -0.2) is 16.2 Å². The van der Waals surface area contributed by atoms with Gasteiger partial charge in [0.1, 0.15) is 5.75 Å². The molecule has 22 heavy (non-hydrogen) atoms. The lowest BCUT2D eigenvalue weighted by molar-refractivity contribution is 0.317. The molecule has 0 aliphatic rings. The zero-order chi connectivity index (χ0) is 15.4. The van der Waals surface area contributed by atoms with Crippen LogP contribution >= 0.6 is 0 Å². The number of hydrogen-bond donors (Lipinski definition) is 0. The van der Waals surface area contributed by atoms with Crippen LogP contribution in [0.5, 0.6) is 5.75 Å². The summed E-state index contributed by atoms with van der Waals surface area (Å²) >= 11 is 0. The van der Waals surface area contributed by atoms with Gasteiger partial charge in [0.15, 0.2) is 0 Å². The summed E-state index contributed by atoms with van der Waals surface area (Å²) in [6, 6.07) is 15.2. The second-order valence-electron chi connectivity index (χ2n) is 5.19. The van der Waals surface area contributed by atoms with Crippen molar-refractivity contribution in [2.24, 2.45) is 0 Å². The molecule has 0 atom stereocenters. The van der Waals surface area contributed by atoms with Gasteiger partial charge in [0, 0.05) is 0 Å². The Bertz CT molecular complexity index is 822. The fourth-order valence-corrected chi connectivity index (χ4v) is 2.33. The van der Waals surface area contributed by atoms with E-state index in [9.17, 15) is 4.79 Å². The van der Waals surface area contributed by atoms with E-state index in [1.807, 2.05) is 48.5 Å². The molecule has 2 aromatic carbocycles. The third-order valence-electron chi connectivity index (χ3n) is 3.48. The van der Waals surface area contributed by atoms with Crippen LogP contribution < -0.4 is 10.3 Å². The minimum absolute atomic E-state index is 0.0168. The van der Waals surface area contributed by atoms with Crippen molar-refractivity contribution >= 4 is 10.9 Å². The molecule has 4 heteroatoms. The van der Waals surface area contributed by atoms with Gasteiger partial charge < -0.3 is 4.74 Å². The molecule has 0 aliphatic carbocycles. The Morgan fingerprint density at radius 3 is 2.64 bits per heavy atom. The first-order valence-corrected chi connectivity index (χ1v) is 7.44. The average Bonchev–Trinajstić information content (AvgIpc) is 2.57. The maximum absolute atomic E-state index is 12.4. The van der Waals surface area contributed by atoms with Crippen LogP contribution in [-0.2, 0) is 6.54 Å². The van der Waals surface area contributed by atoms with Gasteiger partial charge in [-0.1, -0.05) is 31.2 Å². The second-order valence-corrected chi connectivity index (χ2v) is 5.19. The number of hydrogen-bond acceptors (Lipinski definition) is 3. The average molecular weight is 294 g/mol. The fourth-order valence-electron chi connectivity index (χ4n) is 2.33. The number of fused-ring (bicyclic) bond motifs is 1. The van der Waals surface area contributed by atoms with Crippen molar-refractivity contribution in [2.45, 2.75) is 19.9 Å². The third-order valence-corrected chi connectivity index (χ3v) is 3.48. The molecule has 1 heterocycles. The molecular formula is C18H18N2O2. The molecule has 0 bridgehead atoms. The predicted octanol–water partition coefficient (Wildman–Crippen LogP) is 3.23. The summed E-state index contributed by atoms with van der Waals surface area (Å²) in [7, 11) is 0. The minimum atomic E-state index is -0.0168. The van der Waals surface area contributed by atoms with Crippen LogP contribution in [0.1, 0.15) is 18.9 Å². The Balaban J connectivity index is 1.84. The van der Waals surface area contributed by atoms with Crippen molar-refractivity contribution < 1.29 is 4.74 Å². The molecule has 0 radical (unpaired) electrons. The van der Waals surface area contributed by atoms with Gasteiger partial charge in [0.2, 0.25) is 0 Å². The zero-order valence-corrected chi connectivity index (χ0v) is 12.5.